The van der Waals surface area contributed by atoms with Crippen LogP contribution in [-0.2, 0) is 14.3 Å². The lowest BCUT2D eigenvalue weighted by Gasteiger charge is -2.34. The summed E-state index contributed by atoms with van der Waals surface area (Å²) < 4.78 is 10.1. The van der Waals surface area contributed by atoms with Crippen molar-refractivity contribution in [3.8, 4) is 0 Å². The molecule has 0 aliphatic carbocycles. The highest BCUT2D eigenvalue weighted by molar-refractivity contribution is 5.75. The van der Waals surface area contributed by atoms with Crippen molar-refractivity contribution in [1.82, 2.24) is 9.80 Å². The average molecular weight is 256 g/mol. The molecule has 18 heavy (non-hydrogen) atoms. The van der Waals surface area contributed by atoms with Gasteiger partial charge in [0.05, 0.1) is 26.2 Å². The van der Waals surface area contributed by atoms with Gasteiger partial charge < -0.3 is 19.3 Å². The molecule has 2 aliphatic heterocycles. The van der Waals surface area contributed by atoms with Crippen LogP contribution in [0.1, 0.15) is 19.3 Å². The third-order valence-corrected chi connectivity index (χ3v) is 3.41. The number of hydrogen-bond donors (Lipinski definition) is 0. The first kappa shape index (κ1) is 13.1. The van der Waals surface area contributed by atoms with Gasteiger partial charge in [0.2, 0.25) is 0 Å². The maximum Gasteiger partial charge on any atom is 0.320 e. The Balaban J connectivity index is 1.85. The molecular weight excluding hydrogens is 236 g/mol. The minimum absolute atomic E-state index is 0.0747. The number of likely N-dealkylation sites (tertiary alicyclic amines) is 1. The second kappa shape index (κ2) is 6.04. The lowest BCUT2D eigenvalue weighted by molar-refractivity contribution is -0.145. The van der Waals surface area contributed by atoms with Crippen LogP contribution in [-0.4, -0.2) is 67.8 Å². The quantitative estimate of drug-likeness (QED) is 0.674. The lowest BCUT2D eigenvalue weighted by atomic mass is 10.2. The molecule has 1 atom stereocenters. The van der Waals surface area contributed by atoms with Crippen LogP contribution in [0.5, 0.6) is 0 Å². The number of methoxy groups -OCH3 is 1. The maximum atomic E-state index is 12.2. The van der Waals surface area contributed by atoms with Crippen LogP contribution in [0.15, 0.2) is 0 Å². The number of rotatable bonds is 2. The Labute approximate surface area is 107 Å². The largest absolute Gasteiger partial charge is 0.469 e. The van der Waals surface area contributed by atoms with E-state index >= 15 is 0 Å². The number of carbonyl (C=O) groups is 2. The van der Waals surface area contributed by atoms with Crippen molar-refractivity contribution in [2.24, 2.45) is 0 Å². The Bertz CT molecular complexity index is 315. The van der Waals surface area contributed by atoms with Crippen LogP contribution in [0.2, 0.25) is 0 Å². The fourth-order valence-electron chi connectivity index (χ4n) is 2.39. The summed E-state index contributed by atoms with van der Waals surface area (Å²) in [5.74, 6) is -0.296. The zero-order valence-electron chi connectivity index (χ0n) is 10.8. The van der Waals surface area contributed by atoms with E-state index in [-0.39, 0.29) is 24.5 Å². The Morgan fingerprint density at radius 2 is 1.94 bits per heavy atom. The zero-order chi connectivity index (χ0) is 13.0. The van der Waals surface area contributed by atoms with Crippen molar-refractivity contribution < 1.29 is 19.1 Å². The summed E-state index contributed by atoms with van der Waals surface area (Å²) in [6, 6.07) is 0.0747. The number of urea groups is 1. The number of ether oxygens (including phenoxy) is 2. The highest BCUT2D eigenvalue weighted by atomic mass is 16.5. The van der Waals surface area contributed by atoms with Crippen LogP contribution in [0, 0.1) is 0 Å². The molecule has 2 heterocycles. The van der Waals surface area contributed by atoms with Gasteiger partial charge in [-0.15, -0.1) is 0 Å². The first-order chi connectivity index (χ1) is 8.70. The van der Waals surface area contributed by atoms with Crippen LogP contribution in [0.4, 0.5) is 4.79 Å². The van der Waals surface area contributed by atoms with Gasteiger partial charge in [-0.3, -0.25) is 4.79 Å². The number of amides is 2. The SMILES string of the molecule is COC(=O)CC1CN(C(=O)N2CCCC2)CCO1. The van der Waals surface area contributed by atoms with E-state index in [2.05, 4.69) is 4.74 Å². The molecule has 0 N–H and O–H groups in total. The predicted octanol–water partition coefficient (Wildman–Crippen LogP) is 0.466. The summed E-state index contributed by atoms with van der Waals surface area (Å²) in [5, 5.41) is 0. The minimum atomic E-state index is -0.296. The third kappa shape index (κ3) is 3.13. The predicted molar refractivity (Wildman–Crippen MR) is 64.1 cm³/mol. The normalized spacial score (nSPS) is 24.2. The molecule has 1 unspecified atom stereocenters. The standard InChI is InChI=1S/C12H20N2O4/c1-17-11(15)8-10-9-14(6-7-18-10)12(16)13-4-2-3-5-13/h10H,2-9H2,1H3. The Kier molecular flexibility index (Phi) is 4.41. The monoisotopic (exact) mass is 256 g/mol. The van der Waals surface area contributed by atoms with Gasteiger partial charge in [-0.25, -0.2) is 4.79 Å². The van der Waals surface area contributed by atoms with Crippen LogP contribution in [0.25, 0.3) is 0 Å². The summed E-state index contributed by atoms with van der Waals surface area (Å²) >= 11 is 0. The summed E-state index contributed by atoms with van der Waals surface area (Å²) in [5.41, 5.74) is 0. The van der Waals surface area contributed by atoms with Gasteiger partial charge in [0.15, 0.2) is 0 Å². The third-order valence-electron chi connectivity index (χ3n) is 3.41. The van der Waals surface area contributed by atoms with Crippen molar-refractivity contribution in [3.05, 3.63) is 0 Å². The second-order valence-corrected chi connectivity index (χ2v) is 4.70. The van der Waals surface area contributed by atoms with Crippen LogP contribution in [0.3, 0.4) is 0 Å². The van der Waals surface area contributed by atoms with Gasteiger partial charge >= 0.3 is 12.0 Å². The molecule has 2 aliphatic rings. The van der Waals surface area contributed by atoms with Crippen molar-refractivity contribution in [2.45, 2.75) is 25.4 Å². The first-order valence-corrected chi connectivity index (χ1v) is 6.43. The van der Waals surface area contributed by atoms with Crippen molar-refractivity contribution in [1.29, 1.82) is 0 Å². The zero-order valence-corrected chi connectivity index (χ0v) is 10.8. The summed E-state index contributed by atoms with van der Waals surface area (Å²) in [7, 11) is 1.36. The van der Waals surface area contributed by atoms with Crippen LogP contribution < -0.4 is 0 Å². The fourth-order valence-corrected chi connectivity index (χ4v) is 2.39. The van der Waals surface area contributed by atoms with E-state index < -0.39 is 0 Å². The number of hydrogen-bond acceptors (Lipinski definition) is 4. The van der Waals surface area contributed by atoms with Crippen molar-refractivity contribution >= 4 is 12.0 Å². The Morgan fingerprint density at radius 3 is 2.61 bits per heavy atom. The molecule has 2 saturated heterocycles. The average Bonchev–Trinajstić information content (AvgIpc) is 2.92. The molecule has 102 valence electrons. The van der Waals surface area contributed by atoms with Crippen LogP contribution >= 0.6 is 0 Å². The Morgan fingerprint density at radius 1 is 1.22 bits per heavy atom. The molecule has 2 fully saturated rings. The van der Waals surface area contributed by atoms with Gasteiger partial charge in [-0.2, -0.15) is 0 Å². The second-order valence-electron chi connectivity index (χ2n) is 4.70. The molecule has 0 aromatic carbocycles. The molecule has 0 radical (unpaired) electrons. The number of morpholine rings is 1. The molecule has 0 saturated carbocycles. The number of esters is 1. The smallest absolute Gasteiger partial charge is 0.320 e. The van der Waals surface area contributed by atoms with Gasteiger partial charge in [0.25, 0.3) is 0 Å². The minimum Gasteiger partial charge on any atom is -0.469 e. The highest BCUT2D eigenvalue weighted by Crippen LogP contribution is 2.15. The lowest BCUT2D eigenvalue weighted by Crippen LogP contribution is -2.50. The van der Waals surface area contributed by atoms with E-state index in [1.807, 2.05) is 4.90 Å². The summed E-state index contributed by atoms with van der Waals surface area (Å²) in [4.78, 5) is 27.0. The van der Waals surface area contributed by atoms with Gasteiger partial charge in [-0.1, -0.05) is 0 Å². The van der Waals surface area contributed by atoms with E-state index in [1.165, 1.54) is 7.11 Å². The molecule has 2 rings (SSSR count). The number of carbonyl (C=O) groups excluding carboxylic acids is 2. The molecule has 0 aromatic rings. The molecule has 2 amide bonds. The van der Waals surface area contributed by atoms with Gasteiger partial charge in [0, 0.05) is 26.2 Å². The summed E-state index contributed by atoms with van der Waals surface area (Å²) in [6.45, 7) is 3.26. The van der Waals surface area contributed by atoms with E-state index in [0.29, 0.717) is 19.7 Å². The van der Waals surface area contributed by atoms with E-state index in [4.69, 9.17) is 4.74 Å². The van der Waals surface area contributed by atoms with Gasteiger partial charge in [0.1, 0.15) is 0 Å². The molecular formula is C12H20N2O4. The van der Waals surface area contributed by atoms with E-state index in [1.54, 1.807) is 4.90 Å². The number of nitrogens with zero attached hydrogens (tertiary/aromatic N) is 2. The molecule has 0 spiro atoms. The summed E-state index contributed by atoms with van der Waals surface area (Å²) in [6.07, 6.45) is 2.14. The molecule has 6 nitrogen and oxygen atoms in total. The maximum absolute atomic E-state index is 12.2. The molecule has 6 heteroatoms. The van der Waals surface area contributed by atoms with Crippen molar-refractivity contribution in [2.75, 3.05) is 39.9 Å². The van der Waals surface area contributed by atoms with E-state index in [9.17, 15) is 9.59 Å². The topological polar surface area (TPSA) is 59.1 Å². The highest BCUT2D eigenvalue weighted by Gasteiger charge is 2.29. The Hall–Kier alpha value is -1.30. The fraction of sp³-hybridized carbons (Fsp3) is 0.833. The van der Waals surface area contributed by atoms with Crippen molar-refractivity contribution in [3.63, 3.8) is 0 Å². The van der Waals surface area contributed by atoms with E-state index in [0.717, 1.165) is 25.9 Å². The van der Waals surface area contributed by atoms with Gasteiger partial charge in [-0.05, 0) is 12.8 Å². The first-order valence-electron chi connectivity index (χ1n) is 6.43. The molecule has 0 aromatic heterocycles. The molecule has 0 bridgehead atoms.